The maximum Gasteiger partial charge on any atom is 0.475 e. The van der Waals surface area contributed by atoms with Crippen molar-refractivity contribution in [3.8, 4) is 0 Å². The lowest BCUT2D eigenvalue weighted by Crippen LogP contribution is -2.21. The van der Waals surface area contributed by atoms with Gasteiger partial charge in [-0.1, -0.05) is 26.0 Å². The highest BCUT2D eigenvalue weighted by Crippen LogP contribution is 2.49. The van der Waals surface area contributed by atoms with Crippen LogP contribution in [0.2, 0.25) is 0 Å². The maximum absolute atomic E-state index is 12.1. The first kappa shape index (κ1) is 18.6. The second-order valence-electron chi connectivity index (χ2n) is 4.36. The first-order chi connectivity index (χ1) is 8.77. The Bertz CT molecular complexity index is 351. The van der Waals surface area contributed by atoms with E-state index in [9.17, 15) is 9.36 Å². The van der Waals surface area contributed by atoms with E-state index in [2.05, 4.69) is 13.2 Å². The highest BCUT2D eigenvalue weighted by molar-refractivity contribution is 7.48. The van der Waals surface area contributed by atoms with Crippen LogP contribution < -0.4 is 0 Å². The van der Waals surface area contributed by atoms with Gasteiger partial charge in [-0.05, 0) is 18.0 Å². The molecule has 110 valence electrons. The molecule has 0 atom stereocenters. The molecule has 7 heteroatoms. The Balaban J connectivity index is 4.41. The molecule has 0 aromatic rings. The van der Waals surface area contributed by atoms with E-state index in [1.807, 2.05) is 0 Å². The molecule has 0 fully saturated rings. The van der Waals surface area contributed by atoms with Gasteiger partial charge in [-0.3, -0.25) is 18.4 Å². The van der Waals surface area contributed by atoms with Gasteiger partial charge in [0.05, 0.1) is 19.8 Å². The summed E-state index contributed by atoms with van der Waals surface area (Å²) >= 11 is 5.43. The Morgan fingerprint density at radius 3 is 2.05 bits per heavy atom. The number of hydrogen-bond donors (Lipinski definition) is 0. The molecule has 0 N–H and O–H groups in total. The fourth-order valence-electron chi connectivity index (χ4n) is 0.911. The van der Waals surface area contributed by atoms with Crippen molar-refractivity contribution in [2.24, 2.45) is 5.41 Å². The molecule has 0 saturated heterocycles. The first-order valence-corrected chi connectivity index (χ1v) is 7.56. The van der Waals surface area contributed by atoms with Crippen LogP contribution in [0.4, 0.5) is 0 Å². The van der Waals surface area contributed by atoms with Crippen molar-refractivity contribution in [2.75, 3.05) is 19.8 Å². The average Bonchev–Trinajstić information content (AvgIpc) is 2.34. The van der Waals surface area contributed by atoms with Crippen molar-refractivity contribution < 1.29 is 22.9 Å². The van der Waals surface area contributed by atoms with Crippen molar-refractivity contribution in [3.63, 3.8) is 0 Å². The lowest BCUT2D eigenvalue weighted by molar-refractivity contribution is -0.119. The summed E-state index contributed by atoms with van der Waals surface area (Å²) in [4.78, 5) is 11.1. The molecule has 19 heavy (non-hydrogen) atoms. The molecule has 0 rings (SSSR count). The zero-order valence-corrected chi connectivity index (χ0v) is 12.9. The molecular weight excluding hydrogens is 291 g/mol. The van der Waals surface area contributed by atoms with E-state index >= 15 is 0 Å². The van der Waals surface area contributed by atoms with E-state index in [1.165, 1.54) is 12.2 Å². The van der Waals surface area contributed by atoms with Crippen LogP contribution in [0.5, 0.6) is 0 Å². The summed E-state index contributed by atoms with van der Waals surface area (Å²) in [6.07, 6.45) is 3.16. The van der Waals surface area contributed by atoms with Crippen molar-refractivity contribution in [2.45, 2.75) is 20.3 Å². The summed E-state index contributed by atoms with van der Waals surface area (Å²) < 4.78 is 27.2. The maximum atomic E-state index is 12.1. The van der Waals surface area contributed by atoms with Crippen LogP contribution in [-0.4, -0.2) is 25.1 Å². The van der Waals surface area contributed by atoms with E-state index in [-0.39, 0.29) is 19.8 Å². The minimum Gasteiger partial charge on any atom is -0.287 e. The van der Waals surface area contributed by atoms with Gasteiger partial charge in [-0.2, -0.15) is 0 Å². The highest BCUT2D eigenvalue weighted by Gasteiger charge is 2.30. The van der Waals surface area contributed by atoms with Crippen molar-refractivity contribution >= 4 is 24.7 Å². The van der Waals surface area contributed by atoms with Gasteiger partial charge in [0, 0.05) is 5.41 Å². The summed E-state index contributed by atoms with van der Waals surface area (Å²) in [7, 11) is -3.67. The number of rotatable bonds is 11. The van der Waals surface area contributed by atoms with Gasteiger partial charge in [0.15, 0.2) is 0 Å². The Morgan fingerprint density at radius 1 is 1.21 bits per heavy atom. The molecule has 0 radical (unpaired) electrons. The van der Waals surface area contributed by atoms with Gasteiger partial charge in [-0.15, -0.1) is 13.2 Å². The van der Waals surface area contributed by atoms with Crippen molar-refractivity contribution in [1.82, 2.24) is 0 Å². The molecule has 0 aromatic carbocycles. The fourth-order valence-corrected chi connectivity index (χ4v) is 2.12. The Labute approximate surface area is 119 Å². The predicted octanol–water partition coefficient (Wildman–Crippen LogP) is 3.70. The third-order valence-corrected chi connectivity index (χ3v) is 4.15. The SMILES string of the molecule is C=CCOP(=O)(OCC=C)OCCC(C)(C)C(=O)Cl. The minimum absolute atomic E-state index is 0.0248. The first-order valence-electron chi connectivity index (χ1n) is 5.73. The predicted molar refractivity (Wildman–Crippen MR) is 75.1 cm³/mol. The monoisotopic (exact) mass is 310 g/mol. The lowest BCUT2D eigenvalue weighted by Gasteiger charge is -2.21. The number of phosphoric ester groups is 1. The molecule has 0 aliphatic carbocycles. The van der Waals surface area contributed by atoms with Crippen LogP contribution in [0.3, 0.4) is 0 Å². The molecule has 5 nitrogen and oxygen atoms in total. The molecule has 0 aliphatic heterocycles. The normalized spacial score (nSPS) is 12.2. The molecule has 0 aliphatic rings. The Kier molecular flexibility index (Phi) is 8.46. The van der Waals surface area contributed by atoms with Crippen LogP contribution in [0.15, 0.2) is 25.3 Å². The van der Waals surface area contributed by atoms with Gasteiger partial charge in [-0.25, -0.2) is 4.57 Å². The summed E-state index contributed by atoms with van der Waals surface area (Å²) in [5, 5.41) is -0.482. The zero-order valence-electron chi connectivity index (χ0n) is 11.3. The third-order valence-electron chi connectivity index (χ3n) is 2.21. The second kappa shape index (κ2) is 8.67. The summed E-state index contributed by atoms with van der Waals surface area (Å²) in [5.41, 5.74) is -0.761. The van der Waals surface area contributed by atoms with Crippen LogP contribution in [0.25, 0.3) is 0 Å². The van der Waals surface area contributed by atoms with E-state index in [1.54, 1.807) is 13.8 Å². The van der Waals surface area contributed by atoms with E-state index < -0.39 is 18.5 Å². The van der Waals surface area contributed by atoms with Gasteiger partial charge in [0.25, 0.3) is 0 Å². The molecule has 0 heterocycles. The topological polar surface area (TPSA) is 61.8 Å². The molecule has 0 amide bonds. The molecule has 0 bridgehead atoms. The molecular formula is C12H20ClO5P. The van der Waals surface area contributed by atoms with E-state index in [0.717, 1.165) is 0 Å². The number of phosphoric acid groups is 1. The van der Waals surface area contributed by atoms with E-state index in [0.29, 0.717) is 6.42 Å². The molecule has 0 aromatic heterocycles. The lowest BCUT2D eigenvalue weighted by atomic mass is 9.92. The van der Waals surface area contributed by atoms with Gasteiger partial charge >= 0.3 is 7.82 Å². The molecule has 0 unspecified atom stereocenters. The van der Waals surface area contributed by atoms with Gasteiger partial charge < -0.3 is 0 Å². The number of hydrogen-bond acceptors (Lipinski definition) is 5. The zero-order chi connectivity index (χ0) is 14.9. The quantitative estimate of drug-likeness (QED) is 0.331. The van der Waals surface area contributed by atoms with Crippen LogP contribution in [0, 0.1) is 5.41 Å². The number of carbonyl (C=O) groups excluding carboxylic acids is 1. The second-order valence-corrected chi connectivity index (χ2v) is 6.37. The summed E-state index contributed by atoms with van der Waals surface area (Å²) in [5.74, 6) is 0. The fraction of sp³-hybridized carbons (Fsp3) is 0.583. The van der Waals surface area contributed by atoms with Crippen LogP contribution in [0.1, 0.15) is 20.3 Å². The van der Waals surface area contributed by atoms with Crippen LogP contribution in [-0.2, 0) is 22.9 Å². The number of halogens is 1. The molecule has 0 spiro atoms. The van der Waals surface area contributed by atoms with Crippen LogP contribution >= 0.6 is 19.4 Å². The minimum atomic E-state index is -3.67. The molecule has 0 saturated carbocycles. The summed E-state index contributed by atoms with van der Waals surface area (Å²) in [6, 6.07) is 0. The average molecular weight is 311 g/mol. The van der Waals surface area contributed by atoms with E-state index in [4.69, 9.17) is 25.2 Å². The van der Waals surface area contributed by atoms with Crippen molar-refractivity contribution in [1.29, 1.82) is 0 Å². The largest absolute Gasteiger partial charge is 0.475 e. The van der Waals surface area contributed by atoms with Gasteiger partial charge in [0.1, 0.15) is 0 Å². The standard InChI is InChI=1S/C12H20ClO5P/c1-5-8-16-19(15,17-9-6-2)18-10-7-12(3,4)11(13)14/h5-6H,1-2,7-10H2,3-4H3. The smallest absolute Gasteiger partial charge is 0.287 e. The van der Waals surface area contributed by atoms with Gasteiger partial charge in [0.2, 0.25) is 5.24 Å². The van der Waals surface area contributed by atoms with Crippen molar-refractivity contribution in [3.05, 3.63) is 25.3 Å². The summed E-state index contributed by atoms with van der Waals surface area (Å²) in [6.45, 7) is 10.3. The third kappa shape index (κ3) is 7.65. The highest BCUT2D eigenvalue weighted by atomic mass is 35.5. The Morgan fingerprint density at radius 2 is 1.68 bits per heavy atom. The Hall–Kier alpha value is -0.450. The number of carbonyl (C=O) groups is 1.